The first-order valence-electron chi connectivity index (χ1n) is 15.0. The van der Waals surface area contributed by atoms with Gasteiger partial charge in [0.1, 0.15) is 16.2 Å². The molecule has 8 nitrogen and oxygen atoms in total. The van der Waals surface area contributed by atoms with Gasteiger partial charge in [-0.3, -0.25) is 4.79 Å². The third-order valence-electron chi connectivity index (χ3n) is 8.00. The van der Waals surface area contributed by atoms with Crippen molar-refractivity contribution in [2.45, 2.75) is 39.4 Å². The maximum Gasteiger partial charge on any atom is 0.231 e. The molecule has 0 radical (unpaired) electrons. The minimum Gasteiger partial charge on any atom is -0.495 e. The maximum atomic E-state index is 13.4. The summed E-state index contributed by atoms with van der Waals surface area (Å²) in [5, 5.41) is 3.71. The van der Waals surface area contributed by atoms with Gasteiger partial charge in [0.05, 0.1) is 31.3 Å². The average molecular weight is 618 g/mol. The SMILES string of the molecule is CCN(CC)c1ccc2c(c1)N=C(NC(=O)C(C)(C)C)SC2(c1ccc(N(C)C)c(OC)c1)c1ccc(N(C)C)c(OC)c1. The number of nitrogens with zero attached hydrogens (tertiary/aromatic N) is 4. The second-order valence-corrected chi connectivity index (χ2v) is 13.5. The molecule has 1 heterocycles. The molecule has 0 aromatic heterocycles. The van der Waals surface area contributed by atoms with Crippen LogP contribution >= 0.6 is 11.8 Å². The Morgan fingerprint density at radius 2 is 1.36 bits per heavy atom. The van der Waals surface area contributed by atoms with Crippen molar-refractivity contribution in [3.63, 3.8) is 0 Å². The van der Waals surface area contributed by atoms with E-state index in [1.165, 1.54) is 11.8 Å². The first-order valence-corrected chi connectivity index (χ1v) is 15.8. The lowest BCUT2D eigenvalue weighted by atomic mass is 9.82. The van der Waals surface area contributed by atoms with Gasteiger partial charge in [-0.1, -0.05) is 50.7 Å². The van der Waals surface area contributed by atoms with E-state index in [4.69, 9.17) is 14.5 Å². The van der Waals surface area contributed by atoms with Crippen molar-refractivity contribution in [2.24, 2.45) is 10.4 Å². The molecule has 1 aliphatic heterocycles. The van der Waals surface area contributed by atoms with E-state index in [2.05, 4.69) is 78.7 Å². The molecule has 4 rings (SSSR count). The lowest BCUT2D eigenvalue weighted by molar-refractivity contribution is -0.126. The lowest BCUT2D eigenvalue weighted by Crippen LogP contribution is -2.41. The summed E-state index contributed by atoms with van der Waals surface area (Å²) in [6.07, 6.45) is 0. The van der Waals surface area contributed by atoms with E-state index in [9.17, 15) is 4.79 Å². The van der Waals surface area contributed by atoms with Gasteiger partial charge in [0.25, 0.3) is 0 Å². The number of carbonyl (C=O) groups is 1. The number of amides is 1. The quantitative estimate of drug-likeness (QED) is 0.281. The minimum atomic E-state index is -0.796. The van der Waals surface area contributed by atoms with Crippen LogP contribution in [-0.4, -0.2) is 66.6 Å². The molecule has 44 heavy (non-hydrogen) atoms. The highest BCUT2D eigenvalue weighted by atomic mass is 32.2. The van der Waals surface area contributed by atoms with E-state index in [-0.39, 0.29) is 5.91 Å². The summed E-state index contributed by atoms with van der Waals surface area (Å²) >= 11 is 1.53. The largest absolute Gasteiger partial charge is 0.495 e. The van der Waals surface area contributed by atoms with E-state index in [0.717, 1.165) is 64.0 Å². The molecule has 3 aromatic rings. The van der Waals surface area contributed by atoms with Crippen LogP contribution in [0.15, 0.2) is 59.6 Å². The van der Waals surface area contributed by atoms with Gasteiger partial charge in [-0.25, -0.2) is 4.99 Å². The summed E-state index contributed by atoms with van der Waals surface area (Å²) in [4.78, 5) is 24.8. The van der Waals surface area contributed by atoms with Crippen LogP contribution in [0.25, 0.3) is 0 Å². The molecule has 0 spiro atoms. The number of benzene rings is 3. The first kappa shape index (κ1) is 33.1. The van der Waals surface area contributed by atoms with E-state index in [0.29, 0.717) is 5.17 Å². The maximum absolute atomic E-state index is 13.4. The van der Waals surface area contributed by atoms with E-state index in [1.54, 1.807) is 14.2 Å². The van der Waals surface area contributed by atoms with E-state index >= 15 is 0 Å². The van der Waals surface area contributed by atoms with Crippen LogP contribution in [0.2, 0.25) is 0 Å². The zero-order valence-electron chi connectivity index (χ0n) is 28.0. The molecule has 0 saturated heterocycles. The molecule has 1 aliphatic rings. The summed E-state index contributed by atoms with van der Waals surface area (Å²) in [7, 11) is 11.4. The Morgan fingerprint density at radius 3 is 1.80 bits per heavy atom. The third-order valence-corrected chi connectivity index (χ3v) is 9.38. The number of ether oxygens (including phenoxy) is 2. The minimum absolute atomic E-state index is 0.0953. The first-order chi connectivity index (χ1) is 20.8. The van der Waals surface area contributed by atoms with Crippen molar-refractivity contribution in [1.82, 2.24) is 5.32 Å². The molecule has 0 fully saturated rings. The fraction of sp³-hybridized carbons (Fsp3) is 0.429. The molecule has 0 unspecified atom stereocenters. The Kier molecular flexibility index (Phi) is 9.78. The Hall–Kier alpha value is -3.85. The highest BCUT2D eigenvalue weighted by molar-refractivity contribution is 8.15. The fourth-order valence-electron chi connectivity index (χ4n) is 5.49. The smallest absolute Gasteiger partial charge is 0.231 e. The van der Waals surface area contributed by atoms with Gasteiger partial charge in [-0.15, -0.1) is 0 Å². The number of methoxy groups -OCH3 is 2. The van der Waals surface area contributed by atoms with Gasteiger partial charge in [-0.05, 0) is 61.4 Å². The topological polar surface area (TPSA) is 69.6 Å². The summed E-state index contributed by atoms with van der Waals surface area (Å²) in [6.45, 7) is 11.8. The standard InChI is InChI=1S/C35H47N5O3S/c1-12-40(13-2)25-16-17-26-27(22-25)36-33(37-32(41)34(3,4)5)44-35(26,23-14-18-28(38(6)7)30(20-23)42-10)24-15-19-29(39(8)9)31(21-24)43-11/h14-22H,12-13H2,1-11H3,(H,36,37,41). The highest BCUT2D eigenvalue weighted by Gasteiger charge is 2.45. The second-order valence-electron chi connectivity index (χ2n) is 12.3. The van der Waals surface area contributed by atoms with Crippen molar-refractivity contribution in [1.29, 1.82) is 0 Å². The molecule has 0 aliphatic carbocycles. The van der Waals surface area contributed by atoms with Gasteiger partial charge in [0, 0.05) is 57.9 Å². The number of hydrogen-bond donors (Lipinski definition) is 1. The normalized spacial score (nSPS) is 13.8. The number of amidine groups is 1. The number of fused-ring (bicyclic) bond motifs is 1. The van der Waals surface area contributed by atoms with Gasteiger partial charge < -0.3 is 29.5 Å². The van der Waals surface area contributed by atoms with Crippen LogP contribution < -0.4 is 29.5 Å². The fourth-order valence-corrected chi connectivity index (χ4v) is 6.84. The molecule has 0 bridgehead atoms. The third kappa shape index (κ3) is 6.20. The molecule has 3 aromatic carbocycles. The molecule has 1 N–H and O–H groups in total. The van der Waals surface area contributed by atoms with Crippen molar-refractivity contribution < 1.29 is 14.3 Å². The van der Waals surface area contributed by atoms with Crippen LogP contribution in [0.5, 0.6) is 11.5 Å². The zero-order valence-corrected chi connectivity index (χ0v) is 28.8. The number of aliphatic imine (C=N–C) groups is 1. The summed E-state index contributed by atoms with van der Waals surface area (Å²) in [6, 6.07) is 19.2. The molecular weight excluding hydrogens is 570 g/mol. The number of rotatable bonds is 9. The van der Waals surface area contributed by atoms with E-state index in [1.807, 2.05) is 58.8 Å². The summed E-state index contributed by atoms with van der Waals surface area (Å²) in [5.41, 5.74) is 6.26. The Labute approximate surface area is 267 Å². The number of thioether (sulfide) groups is 1. The van der Waals surface area contributed by atoms with Gasteiger partial charge in [0.2, 0.25) is 5.91 Å². The van der Waals surface area contributed by atoms with Gasteiger partial charge in [-0.2, -0.15) is 0 Å². The Morgan fingerprint density at radius 1 is 0.841 bits per heavy atom. The van der Waals surface area contributed by atoms with Crippen molar-refractivity contribution in [2.75, 3.05) is 70.2 Å². The van der Waals surface area contributed by atoms with Gasteiger partial charge in [0.15, 0.2) is 5.17 Å². The summed E-state index contributed by atoms with van der Waals surface area (Å²) < 4.78 is 11.1. The van der Waals surface area contributed by atoms with Crippen molar-refractivity contribution >= 4 is 45.6 Å². The van der Waals surface area contributed by atoms with Crippen LogP contribution in [-0.2, 0) is 9.54 Å². The molecule has 9 heteroatoms. The molecular formula is C35H47N5O3S. The number of anilines is 3. The van der Waals surface area contributed by atoms with Crippen molar-refractivity contribution in [3.05, 3.63) is 71.3 Å². The van der Waals surface area contributed by atoms with Gasteiger partial charge >= 0.3 is 0 Å². The monoisotopic (exact) mass is 617 g/mol. The van der Waals surface area contributed by atoms with Crippen LogP contribution in [0.3, 0.4) is 0 Å². The lowest BCUT2D eigenvalue weighted by Gasteiger charge is -2.40. The molecule has 0 saturated carbocycles. The molecule has 0 atom stereocenters. The highest BCUT2D eigenvalue weighted by Crippen LogP contribution is 2.56. The van der Waals surface area contributed by atoms with Crippen LogP contribution in [0, 0.1) is 5.41 Å². The number of nitrogens with one attached hydrogen (secondary N) is 1. The zero-order chi connectivity index (χ0) is 32.4. The average Bonchev–Trinajstić information content (AvgIpc) is 2.99. The van der Waals surface area contributed by atoms with Crippen LogP contribution in [0.1, 0.15) is 51.3 Å². The Balaban J connectivity index is 2.10. The Bertz CT molecular complexity index is 1480. The summed E-state index contributed by atoms with van der Waals surface area (Å²) in [5.74, 6) is 1.42. The second kappa shape index (κ2) is 13.0. The van der Waals surface area contributed by atoms with Crippen molar-refractivity contribution in [3.8, 4) is 11.5 Å². The molecule has 1 amide bonds. The van der Waals surface area contributed by atoms with Crippen LogP contribution in [0.4, 0.5) is 22.7 Å². The molecule has 236 valence electrons. The van der Waals surface area contributed by atoms with E-state index < -0.39 is 10.2 Å². The number of carbonyl (C=O) groups excluding carboxylic acids is 1. The predicted octanol–water partition coefficient (Wildman–Crippen LogP) is 6.87. The number of hydrogen-bond acceptors (Lipinski definition) is 8. The predicted molar refractivity (Wildman–Crippen MR) is 187 cm³/mol.